The molecule has 0 aliphatic carbocycles. The molecular formula is C16H17F5O3. The third kappa shape index (κ3) is 3.92. The van der Waals surface area contributed by atoms with E-state index in [-0.39, 0.29) is 6.61 Å². The Bertz CT molecular complexity index is 602. The fourth-order valence-electron chi connectivity index (χ4n) is 1.89. The molecule has 0 spiro atoms. The molecule has 0 N–H and O–H groups in total. The van der Waals surface area contributed by atoms with Crippen LogP contribution in [0.1, 0.15) is 32.4 Å². The Balaban J connectivity index is 3.54. The molecule has 1 aromatic carbocycles. The van der Waals surface area contributed by atoms with Gasteiger partial charge in [-0.15, -0.1) is 6.58 Å². The Labute approximate surface area is 136 Å². The summed E-state index contributed by atoms with van der Waals surface area (Å²) in [4.78, 5) is 11.8. The largest absolute Gasteiger partial charge is 0.454 e. The highest BCUT2D eigenvalue weighted by atomic mass is 19.2. The second-order valence-corrected chi connectivity index (χ2v) is 5.15. The van der Waals surface area contributed by atoms with Gasteiger partial charge in [-0.25, -0.2) is 22.0 Å². The summed E-state index contributed by atoms with van der Waals surface area (Å²) in [7, 11) is 0. The zero-order chi connectivity index (χ0) is 18.6. The highest BCUT2D eigenvalue weighted by Crippen LogP contribution is 2.33. The number of ether oxygens (including phenoxy) is 2. The van der Waals surface area contributed by atoms with Gasteiger partial charge in [-0.05, 0) is 6.92 Å². The molecular weight excluding hydrogens is 335 g/mol. The van der Waals surface area contributed by atoms with E-state index in [9.17, 15) is 26.7 Å². The highest BCUT2D eigenvalue weighted by Gasteiger charge is 2.36. The van der Waals surface area contributed by atoms with Crippen molar-refractivity contribution in [1.29, 1.82) is 0 Å². The molecule has 0 radical (unpaired) electrons. The number of halogens is 5. The quantitative estimate of drug-likeness (QED) is 0.242. The van der Waals surface area contributed by atoms with Crippen LogP contribution in [-0.4, -0.2) is 18.7 Å². The van der Waals surface area contributed by atoms with Gasteiger partial charge < -0.3 is 9.47 Å². The summed E-state index contributed by atoms with van der Waals surface area (Å²) in [6, 6.07) is 0. The molecule has 8 heteroatoms. The average molecular weight is 352 g/mol. The summed E-state index contributed by atoms with van der Waals surface area (Å²) in [5.74, 6) is -12.3. The first-order valence-electron chi connectivity index (χ1n) is 7.13. The van der Waals surface area contributed by atoms with Crippen molar-refractivity contribution in [2.75, 3.05) is 6.61 Å². The molecule has 0 aliphatic rings. The molecule has 0 aliphatic heterocycles. The van der Waals surface area contributed by atoms with Gasteiger partial charge in [0, 0.05) is 6.61 Å². The van der Waals surface area contributed by atoms with Gasteiger partial charge in [0.1, 0.15) is 6.10 Å². The molecule has 0 saturated heterocycles. The molecule has 1 rings (SSSR count). The standard InChI is InChI=1S/C16H17F5O3/c1-5-8(23-6-2)15(24-16(22)7(3)4)9-10(17)12(19)14(21)13(20)11(9)18/h5,7-8,15H,1,6H2,2-4H3. The molecule has 24 heavy (non-hydrogen) atoms. The molecule has 0 amide bonds. The van der Waals surface area contributed by atoms with Crippen LogP contribution in [0.5, 0.6) is 0 Å². The number of benzene rings is 1. The van der Waals surface area contributed by atoms with E-state index in [2.05, 4.69) is 6.58 Å². The number of esters is 1. The van der Waals surface area contributed by atoms with Crippen molar-refractivity contribution in [3.8, 4) is 0 Å². The normalized spacial score (nSPS) is 13.7. The van der Waals surface area contributed by atoms with E-state index in [1.807, 2.05) is 0 Å². The summed E-state index contributed by atoms with van der Waals surface area (Å²) in [5, 5.41) is 0. The van der Waals surface area contributed by atoms with Gasteiger partial charge in [0.15, 0.2) is 29.4 Å². The monoisotopic (exact) mass is 352 g/mol. The second-order valence-electron chi connectivity index (χ2n) is 5.15. The third-order valence-corrected chi connectivity index (χ3v) is 3.13. The van der Waals surface area contributed by atoms with Crippen LogP contribution in [0, 0.1) is 35.0 Å². The Morgan fingerprint density at radius 1 is 1.04 bits per heavy atom. The van der Waals surface area contributed by atoms with Gasteiger partial charge in [-0.1, -0.05) is 19.9 Å². The van der Waals surface area contributed by atoms with Crippen molar-refractivity contribution in [3.63, 3.8) is 0 Å². The van der Waals surface area contributed by atoms with Crippen LogP contribution in [-0.2, 0) is 14.3 Å². The molecule has 134 valence electrons. The van der Waals surface area contributed by atoms with Gasteiger partial charge in [0.25, 0.3) is 0 Å². The molecule has 0 saturated carbocycles. The lowest BCUT2D eigenvalue weighted by Gasteiger charge is -2.26. The number of rotatable bonds is 7. The van der Waals surface area contributed by atoms with Crippen LogP contribution < -0.4 is 0 Å². The van der Waals surface area contributed by atoms with Gasteiger partial charge in [0.05, 0.1) is 11.5 Å². The summed E-state index contributed by atoms with van der Waals surface area (Å²) >= 11 is 0. The van der Waals surface area contributed by atoms with Crippen molar-refractivity contribution in [1.82, 2.24) is 0 Å². The van der Waals surface area contributed by atoms with E-state index in [0.717, 1.165) is 6.08 Å². The summed E-state index contributed by atoms with van der Waals surface area (Å²) in [5.41, 5.74) is -1.28. The Kier molecular flexibility index (Phi) is 6.89. The topological polar surface area (TPSA) is 35.5 Å². The second kappa shape index (κ2) is 8.23. The fraction of sp³-hybridized carbons (Fsp3) is 0.438. The maximum atomic E-state index is 14.0. The molecule has 0 bridgehead atoms. The average Bonchev–Trinajstić information content (AvgIpc) is 2.55. The van der Waals surface area contributed by atoms with E-state index >= 15 is 0 Å². The SMILES string of the molecule is C=CC(OCC)C(OC(=O)C(C)C)c1c(F)c(F)c(F)c(F)c1F. The minimum absolute atomic E-state index is 0.0296. The van der Waals surface area contributed by atoms with Crippen molar-refractivity contribution in [3.05, 3.63) is 47.3 Å². The Morgan fingerprint density at radius 3 is 1.88 bits per heavy atom. The summed E-state index contributed by atoms with van der Waals surface area (Å²) in [6.07, 6.45) is -2.12. The van der Waals surface area contributed by atoms with Crippen molar-refractivity contribution in [2.45, 2.75) is 33.0 Å². The van der Waals surface area contributed by atoms with Crippen molar-refractivity contribution >= 4 is 5.97 Å². The fourth-order valence-corrected chi connectivity index (χ4v) is 1.89. The molecule has 0 aromatic heterocycles. The van der Waals surface area contributed by atoms with E-state index in [1.165, 1.54) is 20.8 Å². The van der Waals surface area contributed by atoms with Crippen molar-refractivity contribution in [2.24, 2.45) is 5.92 Å². The zero-order valence-electron chi connectivity index (χ0n) is 13.3. The lowest BCUT2D eigenvalue weighted by Crippen LogP contribution is -2.29. The lowest BCUT2D eigenvalue weighted by atomic mass is 10.0. The van der Waals surface area contributed by atoms with Crippen LogP contribution in [0.2, 0.25) is 0 Å². The van der Waals surface area contributed by atoms with Crippen molar-refractivity contribution < 1.29 is 36.2 Å². The molecule has 2 unspecified atom stereocenters. The van der Waals surface area contributed by atoms with Gasteiger partial charge in [-0.3, -0.25) is 4.79 Å². The first-order chi connectivity index (χ1) is 11.2. The predicted molar refractivity (Wildman–Crippen MR) is 75.5 cm³/mol. The predicted octanol–water partition coefficient (Wildman–Crippen LogP) is 4.21. The Hall–Kier alpha value is -1.96. The maximum Gasteiger partial charge on any atom is 0.309 e. The minimum atomic E-state index is -2.30. The third-order valence-electron chi connectivity index (χ3n) is 3.13. The maximum absolute atomic E-state index is 14.0. The van der Waals surface area contributed by atoms with Crippen LogP contribution in [0.3, 0.4) is 0 Å². The highest BCUT2D eigenvalue weighted by molar-refractivity contribution is 5.72. The van der Waals surface area contributed by atoms with Crippen LogP contribution >= 0.6 is 0 Å². The summed E-state index contributed by atoms with van der Waals surface area (Å²) in [6.45, 7) is 7.84. The number of hydrogen-bond donors (Lipinski definition) is 0. The zero-order valence-corrected chi connectivity index (χ0v) is 13.3. The van der Waals surface area contributed by atoms with Crippen LogP contribution in [0.25, 0.3) is 0 Å². The molecule has 3 nitrogen and oxygen atoms in total. The van der Waals surface area contributed by atoms with Crippen LogP contribution in [0.15, 0.2) is 12.7 Å². The van der Waals surface area contributed by atoms with E-state index in [1.54, 1.807) is 0 Å². The number of carbonyl (C=O) groups excluding carboxylic acids is 1. The van der Waals surface area contributed by atoms with E-state index < -0.39 is 58.7 Å². The molecule has 0 heterocycles. The van der Waals surface area contributed by atoms with E-state index in [0.29, 0.717) is 0 Å². The van der Waals surface area contributed by atoms with Crippen LogP contribution in [0.4, 0.5) is 22.0 Å². The summed E-state index contributed by atoms with van der Waals surface area (Å²) < 4.78 is 78.2. The van der Waals surface area contributed by atoms with E-state index in [4.69, 9.17) is 9.47 Å². The van der Waals surface area contributed by atoms with Gasteiger partial charge >= 0.3 is 5.97 Å². The minimum Gasteiger partial charge on any atom is -0.454 e. The number of hydrogen-bond acceptors (Lipinski definition) is 3. The van der Waals surface area contributed by atoms with Gasteiger partial charge in [0.2, 0.25) is 5.82 Å². The molecule has 0 fully saturated rings. The van der Waals surface area contributed by atoms with Gasteiger partial charge in [-0.2, -0.15) is 0 Å². The molecule has 1 aromatic rings. The Morgan fingerprint density at radius 2 is 1.50 bits per heavy atom. The smallest absolute Gasteiger partial charge is 0.309 e. The first-order valence-corrected chi connectivity index (χ1v) is 7.13. The first kappa shape index (κ1) is 20.1. The molecule has 2 atom stereocenters. The number of carbonyl (C=O) groups is 1. The lowest BCUT2D eigenvalue weighted by molar-refractivity contribution is -0.160.